The van der Waals surface area contributed by atoms with Gasteiger partial charge in [-0.1, -0.05) is 6.92 Å². The van der Waals surface area contributed by atoms with Crippen LogP contribution in [0.5, 0.6) is 0 Å². The fourth-order valence-electron chi connectivity index (χ4n) is 1.36. The predicted molar refractivity (Wildman–Crippen MR) is 47.2 cm³/mol. The molecule has 0 saturated carbocycles. The van der Waals surface area contributed by atoms with Crippen LogP contribution in [0.15, 0.2) is 0 Å². The molecule has 0 unspecified atom stereocenters. The van der Waals surface area contributed by atoms with Gasteiger partial charge in [-0.3, -0.25) is 0 Å². The van der Waals surface area contributed by atoms with Crippen LogP contribution in [-0.4, -0.2) is 41.4 Å². The van der Waals surface area contributed by atoms with Crippen LogP contribution in [0.4, 0.5) is 0 Å². The zero-order chi connectivity index (χ0) is 10.1. The van der Waals surface area contributed by atoms with Gasteiger partial charge in [0, 0.05) is 12.5 Å². The molecule has 1 fully saturated rings. The standard InChI is InChI=1S/C9H18O4/c1-6(4-10)8(11)7-5-12-9(2,3)13-7/h6-8,10-11H,4-5H2,1-3H3/t6-,7-,8+/m1/s1. The Bertz CT molecular complexity index is 169. The second kappa shape index (κ2) is 3.92. The Balaban J connectivity index is 2.46. The van der Waals surface area contributed by atoms with Crippen molar-refractivity contribution < 1.29 is 19.7 Å². The lowest BCUT2D eigenvalue weighted by Gasteiger charge is -2.23. The molecule has 0 amide bonds. The van der Waals surface area contributed by atoms with Gasteiger partial charge in [-0.25, -0.2) is 0 Å². The zero-order valence-corrected chi connectivity index (χ0v) is 8.36. The van der Waals surface area contributed by atoms with Crippen LogP contribution >= 0.6 is 0 Å². The van der Waals surface area contributed by atoms with E-state index in [1.807, 2.05) is 13.8 Å². The minimum absolute atomic E-state index is 0.0402. The van der Waals surface area contributed by atoms with E-state index in [4.69, 9.17) is 14.6 Å². The first-order valence-corrected chi connectivity index (χ1v) is 4.57. The fraction of sp³-hybridized carbons (Fsp3) is 1.00. The molecule has 0 spiro atoms. The van der Waals surface area contributed by atoms with Gasteiger partial charge in [-0.2, -0.15) is 0 Å². The van der Waals surface area contributed by atoms with Gasteiger partial charge in [0.05, 0.1) is 12.7 Å². The molecule has 1 saturated heterocycles. The molecular weight excluding hydrogens is 172 g/mol. The molecule has 0 bridgehead atoms. The van der Waals surface area contributed by atoms with Crippen LogP contribution < -0.4 is 0 Å². The van der Waals surface area contributed by atoms with Crippen LogP contribution in [0.2, 0.25) is 0 Å². The molecule has 3 atom stereocenters. The number of rotatable bonds is 3. The Labute approximate surface area is 78.5 Å². The van der Waals surface area contributed by atoms with Gasteiger partial charge in [-0.15, -0.1) is 0 Å². The van der Waals surface area contributed by atoms with Crippen LogP contribution in [0.1, 0.15) is 20.8 Å². The maximum atomic E-state index is 9.68. The van der Waals surface area contributed by atoms with Crippen molar-refractivity contribution in [2.75, 3.05) is 13.2 Å². The third kappa shape index (κ3) is 2.64. The summed E-state index contributed by atoms with van der Waals surface area (Å²) in [5.74, 6) is -0.789. The summed E-state index contributed by atoms with van der Waals surface area (Å²) < 4.78 is 10.8. The lowest BCUT2D eigenvalue weighted by Crippen LogP contribution is -2.36. The van der Waals surface area contributed by atoms with E-state index in [9.17, 15) is 5.11 Å². The summed E-state index contributed by atoms with van der Waals surface area (Å²) in [7, 11) is 0. The first-order valence-electron chi connectivity index (χ1n) is 4.57. The molecule has 0 aromatic heterocycles. The minimum atomic E-state index is -0.660. The summed E-state index contributed by atoms with van der Waals surface area (Å²) in [6, 6.07) is 0. The van der Waals surface area contributed by atoms with Gasteiger partial charge < -0.3 is 19.7 Å². The van der Waals surface area contributed by atoms with Gasteiger partial charge >= 0.3 is 0 Å². The average molecular weight is 190 g/mol. The van der Waals surface area contributed by atoms with E-state index in [2.05, 4.69) is 0 Å². The maximum absolute atomic E-state index is 9.68. The molecule has 1 rings (SSSR count). The molecule has 13 heavy (non-hydrogen) atoms. The third-order valence-electron chi connectivity index (χ3n) is 2.28. The molecule has 2 N–H and O–H groups in total. The van der Waals surface area contributed by atoms with Crippen molar-refractivity contribution in [1.82, 2.24) is 0 Å². The minimum Gasteiger partial charge on any atom is -0.396 e. The number of hydrogen-bond acceptors (Lipinski definition) is 4. The van der Waals surface area contributed by atoms with Crippen LogP contribution in [0, 0.1) is 5.92 Å². The first kappa shape index (κ1) is 10.9. The topological polar surface area (TPSA) is 58.9 Å². The Morgan fingerprint density at radius 1 is 1.54 bits per heavy atom. The summed E-state index contributed by atoms with van der Waals surface area (Å²) >= 11 is 0. The van der Waals surface area contributed by atoms with Crippen LogP contribution in [0.3, 0.4) is 0 Å². The fourth-order valence-corrected chi connectivity index (χ4v) is 1.36. The van der Waals surface area contributed by atoms with Crippen molar-refractivity contribution in [2.24, 2.45) is 5.92 Å². The highest BCUT2D eigenvalue weighted by atomic mass is 16.7. The number of aliphatic hydroxyl groups is 2. The monoisotopic (exact) mass is 190 g/mol. The van der Waals surface area contributed by atoms with Gasteiger partial charge in [0.15, 0.2) is 5.79 Å². The predicted octanol–water partition coefficient (Wildman–Crippen LogP) is 0.127. The molecule has 0 radical (unpaired) electrons. The molecule has 4 nitrogen and oxygen atoms in total. The van der Waals surface area contributed by atoms with E-state index in [-0.39, 0.29) is 18.6 Å². The molecule has 1 aliphatic heterocycles. The molecule has 78 valence electrons. The average Bonchev–Trinajstić information content (AvgIpc) is 2.43. The normalized spacial score (nSPS) is 31.6. The highest BCUT2D eigenvalue weighted by molar-refractivity contribution is 4.80. The summed E-state index contributed by atoms with van der Waals surface area (Å²) in [6.07, 6.45) is -0.982. The molecule has 1 aliphatic rings. The van der Waals surface area contributed by atoms with Gasteiger partial charge in [0.1, 0.15) is 6.10 Å². The smallest absolute Gasteiger partial charge is 0.163 e. The van der Waals surface area contributed by atoms with E-state index >= 15 is 0 Å². The highest BCUT2D eigenvalue weighted by Gasteiger charge is 2.38. The number of hydrogen-bond donors (Lipinski definition) is 2. The first-order chi connectivity index (χ1) is 5.96. The van der Waals surface area contributed by atoms with Crippen molar-refractivity contribution >= 4 is 0 Å². The van der Waals surface area contributed by atoms with Crippen LogP contribution in [0.25, 0.3) is 0 Å². The van der Waals surface area contributed by atoms with E-state index < -0.39 is 11.9 Å². The Morgan fingerprint density at radius 3 is 2.54 bits per heavy atom. The second-order valence-corrected chi connectivity index (χ2v) is 4.02. The van der Waals surface area contributed by atoms with Crippen molar-refractivity contribution in [3.8, 4) is 0 Å². The lowest BCUT2D eigenvalue weighted by molar-refractivity contribution is -0.156. The Kier molecular flexibility index (Phi) is 3.29. The molecular formula is C9H18O4. The molecule has 1 heterocycles. The quantitative estimate of drug-likeness (QED) is 0.664. The molecule has 4 heteroatoms. The zero-order valence-electron chi connectivity index (χ0n) is 8.36. The second-order valence-electron chi connectivity index (χ2n) is 4.02. The van der Waals surface area contributed by atoms with E-state index in [1.54, 1.807) is 6.92 Å². The van der Waals surface area contributed by atoms with Gasteiger partial charge in [0.2, 0.25) is 0 Å². The van der Waals surface area contributed by atoms with Crippen molar-refractivity contribution in [1.29, 1.82) is 0 Å². The molecule has 0 aliphatic carbocycles. The summed E-state index contributed by atoms with van der Waals surface area (Å²) in [6.45, 7) is 5.74. The van der Waals surface area contributed by atoms with E-state index in [0.29, 0.717) is 6.61 Å². The van der Waals surface area contributed by atoms with Gasteiger partial charge in [-0.05, 0) is 13.8 Å². The van der Waals surface area contributed by atoms with Crippen molar-refractivity contribution in [3.05, 3.63) is 0 Å². The largest absolute Gasteiger partial charge is 0.396 e. The van der Waals surface area contributed by atoms with Crippen molar-refractivity contribution in [2.45, 2.75) is 38.8 Å². The van der Waals surface area contributed by atoms with E-state index in [1.165, 1.54) is 0 Å². The third-order valence-corrected chi connectivity index (χ3v) is 2.28. The Morgan fingerprint density at radius 2 is 2.15 bits per heavy atom. The van der Waals surface area contributed by atoms with E-state index in [0.717, 1.165) is 0 Å². The lowest BCUT2D eigenvalue weighted by atomic mass is 10.0. The van der Waals surface area contributed by atoms with Crippen LogP contribution in [-0.2, 0) is 9.47 Å². The summed E-state index contributed by atoms with van der Waals surface area (Å²) in [5, 5.41) is 18.5. The number of aliphatic hydroxyl groups excluding tert-OH is 2. The SMILES string of the molecule is C[C@H](CO)[C@H](O)[C@H]1COC(C)(C)O1. The molecule has 0 aromatic carbocycles. The summed E-state index contributed by atoms with van der Waals surface area (Å²) in [5.41, 5.74) is 0. The van der Waals surface area contributed by atoms with Crippen molar-refractivity contribution in [3.63, 3.8) is 0 Å². The number of ether oxygens (including phenoxy) is 2. The summed E-state index contributed by atoms with van der Waals surface area (Å²) in [4.78, 5) is 0. The van der Waals surface area contributed by atoms with Gasteiger partial charge in [0.25, 0.3) is 0 Å². The Hall–Kier alpha value is -0.160. The maximum Gasteiger partial charge on any atom is 0.163 e. The highest BCUT2D eigenvalue weighted by Crippen LogP contribution is 2.26. The molecule has 0 aromatic rings.